The third kappa shape index (κ3) is 2.89. The summed E-state index contributed by atoms with van der Waals surface area (Å²) in [7, 11) is 0. The predicted octanol–water partition coefficient (Wildman–Crippen LogP) is 5.64. The van der Waals surface area contributed by atoms with Crippen LogP contribution < -0.4 is 4.74 Å². The van der Waals surface area contributed by atoms with Crippen molar-refractivity contribution in [3.05, 3.63) is 75.9 Å². The van der Waals surface area contributed by atoms with Crippen LogP contribution in [0, 0.1) is 6.92 Å². The highest BCUT2D eigenvalue weighted by Crippen LogP contribution is 2.47. The lowest BCUT2D eigenvalue weighted by Gasteiger charge is -2.37. The summed E-state index contributed by atoms with van der Waals surface area (Å²) in [4.78, 5) is 0. The molecule has 1 atom stereocenters. The van der Waals surface area contributed by atoms with Crippen molar-refractivity contribution in [3.8, 4) is 11.6 Å². The third-order valence-electron chi connectivity index (χ3n) is 4.76. The molecule has 0 aliphatic carbocycles. The molecule has 0 amide bonds. The first kappa shape index (κ1) is 16.4. The van der Waals surface area contributed by atoms with Gasteiger partial charge in [0, 0.05) is 16.0 Å². The summed E-state index contributed by atoms with van der Waals surface area (Å²) in [5.74, 6) is 1.12. The fraction of sp³-hybridized carbons (Fsp3) is 0.286. The zero-order valence-electron chi connectivity index (χ0n) is 14.7. The molecule has 0 spiro atoms. The maximum atomic E-state index is 6.40. The molecule has 1 aromatic heterocycles. The standard InChI is InChI=1S/C21H21BrN2O/c1-14-19-17(16-11-7-8-12-18(16)22)13-21(2,3)25-20(19)24(23-14)15-9-5-4-6-10-15/h4-12,17H,13H2,1-3H3. The molecule has 25 heavy (non-hydrogen) atoms. The fourth-order valence-electron chi connectivity index (χ4n) is 3.68. The van der Waals surface area contributed by atoms with E-state index < -0.39 is 0 Å². The Morgan fingerprint density at radius 1 is 1.08 bits per heavy atom. The molecular formula is C21H21BrN2O. The second-order valence-corrected chi connectivity index (χ2v) is 8.05. The number of hydrogen-bond acceptors (Lipinski definition) is 2. The number of aromatic nitrogens is 2. The maximum Gasteiger partial charge on any atom is 0.221 e. The molecule has 3 aromatic rings. The molecular weight excluding hydrogens is 376 g/mol. The van der Waals surface area contributed by atoms with Gasteiger partial charge in [-0.2, -0.15) is 5.10 Å². The first-order valence-electron chi connectivity index (χ1n) is 8.55. The molecule has 0 N–H and O–H groups in total. The molecule has 0 radical (unpaired) electrons. The quantitative estimate of drug-likeness (QED) is 0.560. The van der Waals surface area contributed by atoms with Gasteiger partial charge in [0.05, 0.1) is 11.4 Å². The molecule has 1 aliphatic rings. The number of hydrogen-bond donors (Lipinski definition) is 0. The van der Waals surface area contributed by atoms with Crippen molar-refractivity contribution >= 4 is 15.9 Å². The van der Waals surface area contributed by atoms with E-state index in [2.05, 4.69) is 73.1 Å². The molecule has 128 valence electrons. The summed E-state index contributed by atoms with van der Waals surface area (Å²) < 4.78 is 9.48. The van der Waals surface area contributed by atoms with E-state index in [0.717, 1.165) is 28.2 Å². The van der Waals surface area contributed by atoms with Crippen LogP contribution in [0.4, 0.5) is 0 Å². The third-order valence-corrected chi connectivity index (χ3v) is 5.48. The van der Waals surface area contributed by atoms with E-state index in [1.807, 2.05) is 22.9 Å². The van der Waals surface area contributed by atoms with Gasteiger partial charge in [0.15, 0.2) is 0 Å². The molecule has 3 nitrogen and oxygen atoms in total. The van der Waals surface area contributed by atoms with Gasteiger partial charge in [0.25, 0.3) is 0 Å². The highest BCUT2D eigenvalue weighted by atomic mass is 79.9. The number of halogens is 1. The second-order valence-electron chi connectivity index (χ2n) is 7.19. The molecule has 1 aliphatic heterocycles. The second kappa shape index (κ2) is 6.03. The minimum absolute atomic E-state index is 0.256. The normalized spacial score (nSPS) is 18.5. The van der Waals surface area contributed by atoms with Crippen LogP contribution in [0.15, 0.2) is 59.1 Å². The number of rotatable bonds is 2. The van der Waals surface area contributed by atoms with Crippen LogP contribution in [0.2, 0.25) is 0 Å². The van der Waals surface area contributed by atoms with Crippen molar-refractivity contribution in [2.45, 2.75) is 38.7 Å². The summed E-state index contributed by atoms with van der Waals surface area (Å²) in [5, 5.41) is 4.81. The number of fused-ring (bicyclic) bond motifs is 1. The zero-order chi connectivity index (χ0) is 17.6. The number of para-hydroxylation sites is 1. The smallest absolute Gasteiger partial charge is 0.221 e. The largest absolute Gasteiger partial charge is 0.471 e. The van der Waals surface area contributed by atoms with Gasteiger partial charge >= 0.3 is 0 Å². The Kier molecular flexibility index (Phi) is 3.95. The van der Waals surface area contributed by atoms with Crippen LogP contribution in [0.1, 0.15) is 43.0 Å². The van der Waals surface area contributed by atoms with Crippen molar-refractivity contribution in [3.63, 3.8) is 0 Å². The van der Waals surface area contributed by atoms with Crippen LogP contribution in [0.3, 0.4) is 0 Å². The Hall–Kier alpha value is -2.07. The molecule has 2 aromatic carbocycles. The SMILES string of the molecule is Cc1nn(-c2ccccc2)c2c1C(c1ccccc1Br)CC(C)(C)O2. The van der Waals surface area contributed by atoms with Gasteiger partial charge in [-0.05, 0) is 51.0 Å². The summed E-state index contributed by atoms with van der Waals surface area (Å²) in [6, 6.07) is 18.6. The molecule has 4 rings (SSSR count). The van der Waals surface area contributed by atoms with Crippen molar-refractivity contribution in [2.24, 2.45) is 0 Å². The molecule has 2 heterocycles. The molecule has 0 saturated carbocycles. The first-order valence-corrected chi connectivity index (χ1v) is 9.34. The van der Waals surface area contributed by atoms with Crippen LogP contribution >= 0.6 is 15.9 Å². The van der Waals surface area contributed by atoms with Gasteiger partial charge < -0.3 is 4.74 Å². The van der Waals surface area contributed by atoms with Crippen molar-refractivity contribution in [1.82, 2.24) is 9.78 Å². The Bertz CT molecular complexity index is 915. The van der Waals surface area contributed by atoms with Crippen molar-refractivity contribution < 1.29 is 4.74 Å². The summed E-state index contributed by atoms with van der Waals surface area (Å²) >= 11 is 3.73. The topological polar surface area (TPSA) is 27.1 Å². The van der Waals surface area contributed by atoms with Crippen LogP contribution in [0.25, 0.3) is 5.69 Å². The summed E-state index contributed by atoms with van der Waals surface area (Å²) in [6.07, 6.45) is 0.921. The minimum atomic E-state index is -0.258. The van der Waals surface area contributed by atoms with Crippen LogP contribution in [-0.4, -0.2) is 15.4 Å². The van der Waals surface area contributed by atoms with E-state index in [9.17, 15) is 0 Å². The molecule has 0 fully saturated rings. The van der Waals surface area contributed by atoms with E-state index in [-0.39, 0.29) is 11.5 Å². The first-order chi connectivity index (χ1) is 12.0. The lowest BCUT2D eigenvalue weighted by atomic mass is 9.81. The van der Waals surface area contributed by atoms with E-state index in [1.54, 1.807) is 0 Å². The number of aryl methyl sites for hydroxylation is 1. The average Bonchev–Trinajstić information content (AvgIpc) is 2.91. The van der Waals surface area contributed by atoms with Crippen molar-refractivity contribution in [2.75, 3.05) is 0 Å². The Balaban J connectivity index is 1.93. The highest BCUT2D eigenvalue weighted by Gasteiger charge is 2.39. The highest BCUT2D eigenvalue weighted by molar-refractivity contribution is 9.10. The predicted molar refractivity (Wildman–Crippen MR) is 104 cm³/mol. The average molecular weight is 397 g/mol. The van der Waals surface area contributed by atoms with Gasteiger partial charge in [-0.25, -0.2) is 4.68 Å². The molecule has 4 heteroatoms. The van der Waals surface area contributed by atoms with E-state index in [4.69, 9.17) is 9.84 Å². The molecule has 1 unspecified atom stereocenters. The Labute approximate surface area is 156 Å². The minimum Gasteiger partial charge on any atom is -0.471 e. The number of benzene rings is 2. The fourth-order valence-corrected chi connectivity index (χ4v) is 4.24. The van der Waals surface area contributed by atoms with Gasteiger partial charge in [0.1, 0.15) is 5.60 Å². The number of nitrogens with zero attached hydrogens (tertiary/aromatic N) is 2. The zero-order valence-corrected chi connectivity index (χ0v) is 16.2. The van der Waals surface area contributed by atoms with Gasteiger partial charge in [0.2, 0.25) is 5.88 Å². The number of ether oxygens (including phenoxy) is 1. The molecule has 0 bridgehead atoms. The lowest BCUT2D eigenvalue weighted by Crippen LogP contribution is -2.36. The van der Waals surface area contributed by atoms with Crippen LogP contribution in [0.5, 0.6) is 5.88 Å². The van der Waals surface area contributed by atoms with E-state index in [0.29, 0.717) is 0 Å². The van der Waals surface area contributed by atoms with E-state index >= 15 is 0 Å². The molecule has 0 saturated heterocycles. The Morgan fingerprint density at radius 2 is 1.76 bits per heavy atom. The summed E-state index contributed by atoms with van der Waals surface area (Å²) in [5.41, 5.74) is 4.27. The monoisotopic (exact) mass is 396 g/mol. The van der Waals surface area contributed by atoms with Gasteiger partial charge in [-0.1, -0.05) is 52.3 Å². The van der Waals surface area contributed by atoms with Crippen LogP contribution in [-0.2, 0) is 0 Å². The van der Waals surface area contributed by atoms with Gasteiger partial charge in [-0.3, -0.25) is 0 Å². The summed E-state index contributed by atoms with van der Waals surface area (Å²) in [6.45, 7) is 6.37. The maximum absolute atomic E-state index is 6.40. The Morgan fingerprint density at radius 3 is 2.48 bits per heavy atom. The van der Waals surface area contributed by atoms with Crippen molar-refractivity contribution in [1.29, 1.82) is 0 Å². The van der Waals surface area contributed by atoms with Gasteiger partial charge in [-0.15, -0.1) is 0 Å². The van der Waals surface area contributed by atoms with E-state index in [1.165, 1.54) is 11.1 Å². The lowest BCUT2D eigenvalue weighted by molar-refractivity contribution is 0.0686.